The van der Waals surface area contributed by atoms with Gasteiger partial charge in [0.25, 0.3) is 5.69 Å². The van der Waals surface area contributed by atoms with Crippen LogP contribution < -0.4 is 32.1 Å². The Morgan fingerprint density at radius 3 is 2.10 bits per heavy atom. The van der Waals surface area contributed by atoms with Gasteiger partial charge in [-0.2, -0.15) is 10.4 Å². The maximum absolute atomic E-state index is 13.6. The van der Waals surface area contributed by atoms with Crippen molar-refractivity contribution in [3.05, 3.63) is 128 Å². The number of hydrogen-bond acceptors (Lipinski definition) is 12. The third-order valence-corrected chi connectivity index (χ3v) is 12.7. The number of hydrogen-bond donors (Lipinski definition) is 2. The minimum Gasteiger partial charge on any atom is -0.856 e. The highest BCUT2D eigenvalue weighted by Crippen LogP contribution is 2.43. The molecule has 0 fully saturated rings. The first-order valence-corrected chi connectivity index (χ1v) is 19.1. The molecule has 4 aromatic rings. The van der Waals surface area contributed by atoms with Crippen LogP contribution in [0.2, 0.25) is 0 Å². The second-order valence-electron chi connectivity index (χ2n) is 10.5. The molecule has 2 heterocycles. The van der Waals surface area contributed by atoms with Crippen molar-refractivity contribution in [1.82, 2.24) is 30.7 Å². The molecule has 0 saturated heterocycles. The Bertz CT molecular complexity index is 1990. The van der Waals surface area contributed by atoms with Crippen LogP contribution in [0.25, 0.3) is 0 Å². The van der Waals surface area contributed by atoms with Crippen molar-refractivity contribution in [2.24, 2.45) is 10.2 Å². The summed E-state index contributed by atoms with van der Waals surface area (Å²) in [6.45, 7) is 5.46. The number of non-ortho nitro benzene ring substituents is 1. The minimum absolute atomic E-state index is 0.0475. The minimum atomic E-state index is -2.71. The number of nitro groups is 1. The molecule has 0 amide bonds. The SMILES string of the molecule is CSC1=NNC(C)=C([O-])N1N/C(=N\n1c(SC)nnc(C)c1=O)[N+](Cc1ccc([N+](=O)[O-])cc1)=P(C)(c1ccccc1)c1ccccc1. The Kier molecular flexibility index (Phi) is 10.7. The predicted octanol–water partition coefficient (Wildman–Crippen LogP) is 2.98. The molecule has 0 bridgehead atoms. The van der Waals surface area contributed by atoms with Crippen LogP contribution in [0.4, 0.5) is 5.69 Å². The summed E-state index contributed by atoms with van der Waals surface area (Å²) >= 11 is 2.43. The van der Waals surface area contributed by atoms with Crippen LogP contribution in [0.3, 0.4) is 0 Å². The Hall–Kier alpha value is -4.92. The number of thioether (sulfide) groups is 2. The van der Waals surface area contributed by atoms with Crippen LogP contribution in [0.15, 0.2) is 117 Å². The first-order valence-electron chi connectivity index (χ1n) is 14.5. The first kappa shape index (κ1) is 34.4. The molecule has 0 unspecified atom stereocenters. The largest absolute Gasteiger partial charge is 0.856 e. The summed E-state index contributed by atoms with van der Waals surface area (Å²) in [5.74, 6) is -0.273. The standard InChI is InChI=1S/C31H33N10O4PS2/c1-21-27(42)39(30(47-4)34-32-21)36-29(37-40-28(43)22(2)33-35-31(40)48-5)38(20-23-16-18-24(19-17-23)41(44)45)46(3,25-12-8-6-9-13-25)26-14-10-7-11-15-26/h6-19H,20H2,1-5H3,(H2-,32,33,36,37,42,43). The Morgan fingerprint density at radius 1 is 0.958 bits per heavy atom. The zero-order chi connectivity index (χ0) is 34.4. The lowest BCUT2D eigenvalue weighted by Gasteiger charge is -2.34. The van der Waals surface area contributed by atoms with Gasteiger partial charge < -0.3 is 5.11 Å². The molecule has 1 aliphatic rings. The summed E-state index contributed by atoms with van der Waals surface area (Å²) in [6.07, 6.45) is 3.54. The lowest BCUT2D eigenvalue weighted by atomic mass is 10.2. The van der Waals surface area contributed by atoms with Crippen LogP contribution in [-0.4, -0.2) is 59.4 Å². The molecule has 3 aromatic carbocycles. The van der Waals surface area contributed by atoms with E-state index in [0.29, 0.717) is 5.17 Å². The zero-order valence-corrected chi connectivity index (χ0v) is 29.3. The van der Waals surface area contributed by atoms with Gasteiger partial charge in [-0.05, 0) is 50.7 Å². The van der Waals surface area contributed by atoms with Crippen molar-refractivity contribution < 1.29 is 14.4 Å². The van der Waals surface area contributed by atoms with Gasteiger partial charge in [-0.15, -0.1) is 20.0 Å². The number of guanidine groups is 1. The molecule has 0 saturated carbocycles. The Balaban J connectivity index is 1.92. The maximum Gasteiger partial charge on any atom is 0.433 e. The van der Waals surface area contributed by atoms with Gasteiger partial charge in [-0.1, -0.05) is 84.2 Å². The fourth-order valence-electron chi connectivity index (χ4n) is 4.87. The van der Waals surface area contributed by atoms with Gasteiger partial charge in [0.1, 0.15) is 5.69 Å². The molecule has 5 rings (SSSR count). The van der Waals surface area contributed by atoms with Crippen molar-refractivity contribution in [1.29, 1.82) is 0 Å². The smallest absolute Gasteiger partial charge is 0.433 e. The van der Waals surface area contributed by atoms with Crippen molar-refractivity contribution >= 4 is 58.0 Å². The molecule has 248 valence electrons. The molecular formula is C31H33N10O4PS2. The summed E-state index contributed by atoms with van der Waals surface area (Å²) in [5.41, 5.74) is 6.58. The second kappa shape index (κ2) is 14.9. The van der Waals surface area contributed by atoms with Gasteiger partial charge in [0.2, 0.25) is 10.3 Å². The molecule has 0 atom stereocenters. The van der Waals surface area contributed by atoms with Crippen LogP contribution in [0.1, 0.15) is 18.2 Å². The average Bonchev–Trinajstić information content (AvgIpc) is 3.11. The van der Waals surface area contributed by atoms with Gasteiger partial charge in [0.15, 0.2) is 0 Å². The molecule has 1 aromatic heterocycles. The van der Waals surface area contributed by atoms with Crippen LogP contribution >= 0.6 is 30.6 Å². The van der Waals surface area contributed by atoms with Crippen LogP contribution in [0, 0.1) is 17.0 Å². The number of aryl methyl sites for hydroxylation is 1. The fraction of sp³-hybridized carbons (Fsp3) is 0.194. The Labute approximate surface area is 285 Å². The van der Waals surface area contributed by atoms with E-state index >= 15 is 0 Å². The van der Waals surface area contributed by atoms with Gasteiger partial charge in [-0.3, -0.25) is 20.3 Å². The molecule has 14 nitrogen and oxygen atoms in total. The van der Waals surface area contributed by atoms with Crippen LogP contribution in [0.5, 0.6) is 0 Å². The van der Waals surface area contributed by atoms with E-state index < -0.39 is 23.4 Å². The number of allylic oxidation sites excluding steroid dienone is 1. The fourth-order valence-corrected chi connectivity index (χ4v) is 9.01. The number of nitro benzene ring substituents is 1. The number of nitrogens with zero attached hydrogens (tertiary/aromatic N) is 8. The molecule has 0 aliphatic carbocycles. The lowest BCUT2D eigenvalue weighted by molar-refractivity contribution is -0.412. The number of amidine groups is 1. The van der Waals surface area contributed by atoms with Crippen molar-refractivity contribution in [3.63, 3.8) is 0 Å². The summed E-state index contributed by atoms with van der Waals surface area (Å²) in [6, 6.07) is 26.1. The van der Waals surface area contributed by atoms with Crippen molar-refractivity contribution in [3.8, 4) is 0 Å². The summed E-state index contributed by atoms with van der Waals surface area (Å²) < 4.78 is 3.19. The number of aromatic nitrogens is 3. The summed E-state index contributed by atoms with van der Waals surface area (Å²) in [5, 5.41) is 46.4. The van der Waals surface area contributed by atoms with Crippen LogP contribution in [-0.2, 0) is 6.54 Å². The number of rotatable bonds is 8. The molecule has 0 radical (unpaired) electrons. The number of hydrazine groups is 1. The van der Waals surface area contributed by atoms with E-state index in [9.17, 15) is 20.0 Å². The third-order valence-electron chi connectivity index (χ3n) is 7.50. The summed E-state index contributed by atoms with van der Waals surface area (Å²) in [7, 11) is -2.71. The van der Waals surface area contributed by atoms with E-state index in [1.165, 1.54) is 40.7 Å². The first-order chi connectivity index (χ1) is 23.1. The normalized spacial score (nSPS) is 13.6. The lowest BCUT2D eigenvalue weighted by Crippen LogP contribution is -2.54. The van der Waals surface area contributed by atoms with E-state index in [1.54, 1.807) is 38.5 Å². The summed E-state index contributed by atoms with van der Waals surface area (Å²) in [4.78, 5) is 24.7. The third kappa shape index (κ3) is 7.00. The molecule has 48 heavy (non-hydrogen) atoms. The van der Waals surface area contributed by atoms with Gasteiger partial charge in [0, 0.05) is 39.4 Å². The predicted molar refractivity (Wildman–Crippen MR) is 189 cm³/mol. The topological polar surface area (TPSA) is 169 Å². The maximum atomic E-state index is 13.6. The quantitative estimate of drug-likeness (QED) is 0.0691. The van der Waals surface area contributed by atoms with E-state index in [1.807, 2.05) is 65.0 Å². The average molecular weight is 705 g/mol. The number of hydrazone groups is 1. The Morgan fingerprint density at radius 2 is 1.56 bits per heavy atom. The monoisotopic (exact) mass is 704 g/mol. The van der Waals surface area contributed by atoms with E-state index in [0.717, 1.165) is 20.8 Å². The van der Waals surface area contributed by atoms with E-state index in [2.05, 4.69) is 32.8 Å². The van der Waals surface area contributed by atoms with Crippen molar-refractivity contribution in [2.75, 3.05) is 19.2 Å². The number of nitrogens with one attached hydrogen (secondary N) is 2. The van der Waals surface area contributed by atoms with Crippen molar-refractivity contribution in [2.45, 2.75) is 25.5 Å². The van der Waals surface area contributed by atoms with E-state index in [4.69, 9.17) is 5.10 Å². The molecule has 0 spiro atoms. The highest BCUT2D eigenvalue weighted by molar-refractivity contribution is 8.13. The molecule has 2 N–H and O–H groups in total. The van der Waals surface area contributed by atoms with Gasteiger partial charge >= 0.3 is 11.5 Å². The number of benzene rings is 3. The molecular weight excluding hydrogens is 672 g/mol. The molecule has 17 heteroatoms. The van der Waals surface area contributed by atoms with Gasteiger partial charge in [-0.25, -0.2) is 4.33 Å². The second-order valence-corrected chi connectivity index (χ2v) is 15.5. The van der Waals surface area contributed by atoms with E-state index in [-0.39, 0.29) is 34.7 Å². The van der Waals surface area contributed by atoms with Gasteiger partial charge in [0.05, 0.1) is 18.5 Å². The zero-order valence-electron chi connectivity index (χ0n) is 26.8. The molecule has 1 aliphatic heterocycles. The highest BCUT2D eigenvalue weighted by atomic mass is 32.2. The highest BCUT2D eigenvalue weighted by Gasteiger charge is 2.34.